The van der Waals surface area contributed by atoms with Gasteiger partial charge in [0.2, 0.25) is 5.96 Å². The fraction of sp³-hybridized carbons (Fsp3) is 0.0769. The van der Waals surface area contributed by atoms with Crippen LogP contribution in [0.3, 0.4) is 0 Å². The predicted octanol–water partition coefficient (Wildman–Crippen LogP) is 2.09. The number of nitrogens with one attached hydrogen (secondary N) is 2. The van der Waals surface area contributed by atoms with Crippen LogP contribution in [-0.2, 0) is 16.6 Å². The second-order valence-corrected chi connectivity index (χ2v) is 7.17. The van der Waals surface area contributed by atoms with Gasteiger partial charge < -0.3 is 10.6 Å². The average molecular weight is 432 g/mol. The van der Waals surface area contributed by atoms with E-state index in [-0.39, 0.29) is 23.1 Å². The zero-order valence-electron chi connectivity index (χ0n) is 11.0. The minimum atomic E-state index is -3.78. The van der Waals surface area contributed by atoms with E-state index in [4.69, 9.17) is 0 Å². The van der Waals surface area contributed by atoms with Crippen LogP contribution in [-0.4, -0.2) is 19.4 Å². The third kappa shape index (κ3) is 2.90. The van der Waals surface area contributed by atoms with Crippen LogP contribution < -0.4 is 10.6 Å². The van der Waals surface area contributed by atoms with Gasteiger partial charge in [0, 0.05) is 9.77 Å². The summed E-state index contributed by atoms with van der Waals surface area (Å²) in [5.74, 6) is -0.425. The lowest BCUT2D eigenvalue weighted by Gasteiger charge is -2.20. The number of sulfonamides is 1. The summed E-state index contributed by atoms with van der Waals surface area (Å²) in [6.45, 7) is 0.0206. The van der Waals surface area contributed by atoms with Crippen LogP contribution in [0.2, 0.25) is 0 Å². The van der Waals surface area contributed by atoms with Gasteiger partial charge in [-0.15, -0.1) is 4.40 Å². The molecule has 1 aromatic carbocycles. The third-order valence-electron chi connectivity index (χ3n) is 2.97. The van der Waals surface area contributed by atoms with E-state index in [0.717, 1.165) is 3.57 Å². The molecule has 0 unspecified atom stereocenters. The lowest BCUT2D eigenvalue weighted by atomic mass is 10.3. The van der Waals surface area contributed by atoms with Crippen molar-refractivity contribution < 1.29 is 12.8 Å². The molecule has 0 saturated heterocycles. The van der Waals surface area contributed by atoms with Crippen molar-refractivity contribution in [3.63, 3.8) is 0 Å². The lowest BCUT2D eigenvalue weighted by Crippen LogP contribution is -2.35. The molecule has 9 heteroatoms. The molecule has 0 radical (unpaired) electrons. The van der Waals surface area contributed by atoms with Gasteiger partial charge in [-0.05, 0) is 46.9 Å². The smallest absolute Gasteiger partial charge is 0.287 e. The number of aromatic nitrogens is 1. The SMILES string of the molecule is O=S1(=O)N=C(NCc2ncccc2F)Nc2c(I)cccc21. The minimum absolute atomic E-state index is 0.0206. The fourth-order valence-corrected chi connectivity index (χ4v) is 3.88. The Labute approximate surface area is 140 Å². The van der Waals surface area contributed by atoms with E-state index in [9.17, 15) is 12.8 Å². The predicted molar refractivity (Wildman–Crippen MR) is 88.4 cm³/mol. The van der Waals surface area contributed by atoms with Crippen molar-refractivity contribution in [2.24, 2.45) is 4.40 Å². The molecular weight excluding hydrogens is 422 g/mol. The second-order valence-electron chi connectivity index (χ2n) is 4.44. The van der Waals surface area contributed by atoms with E-state index < -0.39 is 15.8 Å². The topological polar surface area (TPSA) is 83.5 Å². The molecule has 22 heavy (non-hydrogen) atoms. The number of para-hydroxylation sites is 1. The molecule has 114 valence electrons. The molecule has 2 N–H and O–H groups in total. The van der Waals surface area contributed by atoms with Crippen LogP contribution in [0.1, 0.15) is 5.69 Å². The molecular formula is C13H10FIN4O2S. The number of rotatable bonds is 2. The fourth-order valence-electron chi connectivity index (χ4n) is 1.94. The second kappa shape index (κ2) is 5.80. The maximum absolute atomic E-state index is 13.5. The molecule has 0 amide bonds. The molecule has 1 aromatic heterocycles. The number of pyridine rings is 1. The summed E-state index contributed by atoms with van der Waals surface area (Å²) in [7, 11) is -3.78. The van der Waals surface area contributed by atoms with Crippen LogP contribution >= 0.6 is 22.6 Å². The Morgan fingerprint density at radius 1 is 1.27 bits per heavy atom. The quantitative estimate of drug-likeness (QED) is 0.711. The summed E-state index contributed by atoms with van der Waals surface area (Å²) < 4.78 is 42.2. The van der Waals surface area contributed by atoms with Crippen molar-refractivity contribution in [1.29, 1.82) is 0 Å². The summed E-state index contributed by atoms with van der Waals surface area (Å²) in [6, 6.07) is 7.69. The van der Waals surface area contributed by atoms with E-state index >= 15 is 0 Å². The monoisotopic (exact) mass is 432 g/mol. The van der Waals surface area contributed by atoms with Crippen LogP contribution in [0.5, 0.6) is 0 Å². The Bertz CT molecular complexity index is 870. The van der Waals surface area contributed by atoms with Crippen LogP contribution in [0, 0.1) is 9.39 Å². The van der Waals surface area contributed by atoms with Crippen molar-refractivity contribution in [3.8, 4) is 0 Å². The van der Waals surface area contributed by atoms with Crippen molar-refractivity contribution in [3.05, 3.63) is 51.6 Å². The highest BCUT2D eigenvalue weighted by molar-refractivity contribution is 14.1. The summed E-state index contributed by atoms with van der Waals surface area (Å²) in [6.07, 6.45) is 1.46. The highest BCUT2D eigenvalue weighted by Crippen LogP contribution is 2.30. The van der Waals surface area contributed by atoms with Gasteiger partial charge in [-0.25, -0.2) is 4.39 Å². The standard InChI is InChI=1S/C13H10FIN4O2S/c14-8-3-2-6-16-10(8)7-17-13-18-12-9(15)4-1-5-11(12)22(20,21)19-13/h1-6H,7H2,(H2,17,18,19). The Morgan fingerprint density at radius 3 is 2.86 bits per heavy atom. The molecule has 1 aliphatic rings. The molecule has 0 bridgehead atoms. The highest BCUT2D eigenvalue weighted by atomic mass is 127. The van der Waals surface area contributed by atoms with Gasteiger partial charge in [0.1, 0.15) is 10.7 Å². The van der Waals surface area contributed by atoms with E-state index in [1.54, 1.807) is 12.1 Å². The molecule has 3 rings (SSSR count). The van der Waals surface area contributed by atoms with Crippen LogP contribution in [0.15, 0.2) is 45.8 Å². The summed E-state index contributed by atoms with van der Waals surface area (Å²) in [5.41, 5.74) is 0.639. The molecule has 2 heterocycles. The maximum Gasteiger partial charge on any atom is 0.287 e. The first kappa shape index (κ1) is 15.2. The Hall–Kier alpha value is -1.75. The highest BCUT2D eigenvalue weighted by Gasteiger charge is 2.26. The van der Waals surface area contributed by atoms with Gasteiger partial charge >= 0.3 is 0 Å². The number of nitrogens with zero attached hydrogens (tertiary/aromatic N) is 2. The number of guanidine groups is 1. The summed E-state index contributed by atoms with van der Waals surface area (Å²) >= 11 is 2.03. The van der Waals surface area contributed by atoms with Gasteiger partial charge in [0.05, 0.1) is 17.9 Å². The number of hydrogen-bond acceptors (Lipinski definition) is 5. The number of benzene rings is 1. The average Bonchev–Trinajstić information content (AvgIpc) is 2.47. The van der Waals surface area contributed by atoms with Gasteiger partial charge in [-0.2, -0.15) is 8.42 Å². The Morgan fingerprint density at radius 2 is 2.09 bits per heavy atom. The van der Waals surface area contributed by atoms with Crippen molar-refractivity contribution in [1.82, 2.24) is 10.3 Å². The van der Waals surface area contributed by atoms with Gasteiger partial charge in [-0.3, -0.25) is 4.98 Å². The molecule has 0 fully saturated rings. The third-order valence-corrected chi connectivity index (χ3v) is 5.18. The molecule has 0 aliphatic carbocycles. The summed E-state index contributed by atoms with van der Waals surface area (Å²) in [4.78, 5) is 4.01. The van der Waals surface area contributed by atoms with E-state index in [2.05, 4.69) is 20.0 Å². The molecule has 1 aliphatic heterocycles. The first-order valence-electron chi connectivity index (χ1n) is 6.21. The van der Waals surface area contributed by atoms with Gasteiger partial charge in [0.25, 0.3) is 10.0 Å². The normalized spacial score (nSPS) is 15.5. The largest absolute Gasteiger partial charge is 0.349 e. The molecule has 6 nitrogen and oxygen atoms in total. The summed E-state index contributed by atoms with van der Waals surface area (Å²) in [5, 5.41) is 5.67. The molecule has 0 saturated carbocycles. The maximum atomic E-state index is 13.5. The van der Waals surface area contributed by atoms with E-state index in [0.29, 0.717) is 5.69 Å². The zero-order valence-corrected chi connectivity index (χ0v) is 14.0. The van der Waals surface area contributed by atoms with Crippen LogP contribution in [0.25, 0.3) is 0 Å². The van der Waals surface area contributed by atoms with E-state index in [1.807, 2.05) is 22.6 Å². The van der Waals surface area contributed by atoms with Gasteiger partial charge in [0.15, 0.2) is 0 Å². The number of anilines is 1. The van der Waals surface area contributed by atoms with Crippen LogP contribution in [0.4, 0.5) is 10.1 Å². The molecule has 0 spiro atoms. The van der Waals surface area contributed by atoms with E-state index in [1.165, 1.54) is 24.4 Å². The van der Waals surface area contributed by atoms with Crippen molar-refractivity contribution in [2.45, 2.75) is 11.4 Å². The Balaban J connectivity index is 1.87. The Kier molecular flexibility index (Phi) is 4.00. The van der Waals surface area contributed by atoms with Crippen molar-refractivity contribution >= 4 is 44.3 Å². The van der Waals surface area contributed by atoms with Gasteiger partial charge in [-0.1, -0.05) is 6.07 Å². The number of halogens is 2. The first-order chi connectivity index (χ1) is 10.5. The minimum Gasteiger partial charge on any atom is -0.349 e. The zero-order chi connectivity index (χ0) is 15.7. The first-order valence-corrected chi connectivity index (χ1v) is 8.73. The number of hydrogen-bond donors (Lipinski definition) is 2. The van der Waals surface area contributed by atoms with Crippen molar-refractivity contribution in [2.75, 3.05) is 5.32 Å². The number of fused-ring (bicyclic) bond motifs is 1. The molecule has 2 aromatic rings. The lowest BCUT2D eigenvalue weighted by molar-refractivity contribution is 0.592. The molecule has 0 atom stereocenters.